The van der Waals surface area contributed by atoms with Crippen molar-refractivity contribution in [3.05, 3.63) is 119 Å². The third-order valence-electron chi connectivity index (χ3n) is 15.0. The molecule has 7 rings (SSSR count). The summed E-state index contributed by atoms with van der Waals surface area (Å²) in [6, 6.07) is 26.8. The molecule has 3 fully saturated rings. The topological polar surface area (TPSA) is 117 Å². The van der Waals surface area contributed by atoms with Crippen LogP contribution in [0.25, 0.3) is 0 Å². The first-order valence-electron chi connectivity index (χ1n) is 20.8. The molecule has 2 saturated carbocycles. The molecule has 3 aliphatic carbocycles. The molecule has 9 heteroatoms. The number of carbonyl (C=O) groups is 4. The summed E-state index contributed by atoms with van der Waals surface area (Å²) in [5, 5.41) is 3.12. The van der Waals surface area contributed by atoms with Gasteiger partial charge in [-0.3, -0.25) is 14.4 Å². The monoisotopic (exact) mass is 789 g/mol. The minimum atomic E-state index is -1.01. The van der Waals surface area contributed by atoms with Crippen LogP contribution in [0.3, 0.4) is 0 Å². The highest BCUT2D eigenvalue weighted by Gasteiger charge is 2.74. The van der Waals surface area contributed by atoms with E-state index in [4.69, 9.17) is 18.9 Å². The van der Waals surface area contributed by atoms with Crippen molar-refractivity contribution in [3.63, 3.8) is 0 Å². The van der Waals surface area contributed by atoms with E-state index in [1.54, 1.807) is 43.3 Å². The van der Waals surface area contributed by atoms with Crippen molar-refractivity contribution in [1.29, 1.82) is 0 Å². The van der Waals surface area contributed by atoms with Crippen molar-refractivity contribution in [2.75, 3.05) is 6.61 Å². The lowest BCUT2D eigenvalue weighted by molar-refractivity contribution is -0.341. The predicted octanol–water partition coefficient (Wildman–Crippen LogP) is 9.09. The zero-order chi connectivity index (χ0) is 41.8. The molecule has 5 unspecified atom stereocenters. The minimum Gasteiger partial charge on any atom is -0.458 e. The highest BCUT2D eigenvalue weighted by atomic mass is 16.6. The van der Waals surface area contributed by atoms with Crippen molar-refractivity contribution < 1.29 is 38.1 Å². The highest BCUT2D eigenvalue weighted by molar-refractivity contribution is 5.94. The van der Waals surface area contributed by atoms with E-state index in [0.29, 0.717) is 24.0 Å². The Hall–Kier alpha value is -4.76. The molecule has 3 aromatic rings. The van der Waals surface area contributed by atoms with Crippen LogP contribution in [0, 0.1) is 39.9 Å². The maximum Gasteiger partial charge on any atom is 0.338 e. The number of hydrogen-bond donors (Lipinski definition) is 1. The van der Waals surface area contributed by atoms with Gasteiger partial charge >= 0.3 is 17.9 Å². The zero-order valence-electron chi connectivity index (χ0n) is 35.4. The SMILES string of the molecule is CC(=O)O[C@@]12CO[C@@H]1CC(C)C1(C)CC(C)C3=C(C)[C@@H](OC(=O)C(C)[C@@H](NC(=O)c4ccccc4)c4ccccc4)CC(C)([C@@H](OC(=O)c4ccccc4)[C@@H]12)C3(C)C. The number of fused-ring (bicyclic) bond motifs is 5. The lowest BCUT2D eigenvalue weighted by Gasteiger charge is -2.69. The van der Waals surface area contributed by atoms with Gasteiger partial charge in [-0.2, -0.15) is 0 Å². The number of amides is 1. The Morgan fingerprint density at radius 1 is 0.810 bits per heavy atom. The molecule has 3 aromatic carbocycles. The second-order valence-corrected chi connectivity index (χ2v) is 18.6. The Kier molecular flexibility index (Phi) is 11.0. The van der Waals surface area contributed by atoms with Crippen molar-refractivity contribution in [2.24, 2.45) is 39.9 Å². The van der Waals surface area contributed by atoms with E-state index in [1.807, 2.05) is 54.6 Å². The molecule has 11 atom stereocenters. The number of allylic oxidation sites excluding steroid dienone is 1. The fourth-order valence-corrected chi connectivity index (χ4v) is 11.5. The van der Waals surface area contributed by atoms with Crippen molar-refractivity contribution in [3.8, 4) is 0 Å². The number of ether oxygens (including phenoxy) is 4. The molecule has 1 amide bonds. The van der Waals surface area contributed by atoms with Gasteiger partial charge in [0.15, 0.2) is 5.60 Å². The summed E-state index contributed by atoms with van der Waals surface area (Å²) in [6.07, 6.45) is 0.0190. The van der Waals surface area contributed by atoms with E-state index in [1.165, 1.54) is 12.5 Å². The van der Waals surface area contributed by atoms with E-state index in [9.17, 15) is 19.2 Å². The molecule has 1 saturated heterocycles. The van der Waals surface area contributed by atoms with E-state index in [0.717, 1.165) is 17.6 Å². The quantitative estimate of drug-likeness (QED) is 0.130. The van der Waals surface area contributed by atoms with Crippen LogP contribution < -0.4 is 5.32 Å². The largest absolute Gasteiger partial charge is 0.458 e. The van der Waals surface area contributed by atoms with Crippen molar-refractivity contribution >= 4 is 23.8 Å². The molecule has 1 heterocycles. The van der Waals surface area contributed by atoms with Crippen LogP contribution in [0.2, 0.25) is 0 Å². The number of benzene rings is 3. The van der Waals surface area contributed by atoms with Crippen LogP contribution in [-0.4, -0.2) is 54.3 Å². The molecule has 0 aromatic heterocycles. The first kappa shape index (κ1) is 41.4. The lowest BCUT2D eigenvalue weighted by atomic mass is 9.40. The fourth-order valence-electron chi connectivity index (χ4n) is 11.5. The Bertz CT molecular complexity index is 2070. The third kappa shape index (κ3) is 6.87. The van der Waals surface area contributed by atoms with Crippen LogP contribution in [0.1, 0.15) is 114 Å². The van der Waals surface area contributed by atoms with Crippen LogP contribution in [-0.2, 0) is 28.5 Å². The van der Waals surface area contributed by atoms with Gasteiger partial charge in [-0.25, -0.2) is 4.79 Å². The van der Waals surface area contributed by atoms with Crippen LogP contribution in [0.4, 0.5) is 0 Å². The number of esters is 3. The van der Waals surface area contributed by atoms with Gasteiger partial charge in [-0.1, -0.05) is 114 Å². The van der Waals surface area contributed by atoms with E-state index >= 15 is 0 Å². The normalized spacial score (nSPS) is 33.3. The smallest absolute Gasteiger partial charge is 0.338 e. The van der Waals surface area contributed by atoms with Gasteiger partial charge in [0.25, 0.3) is 5.91 Å². The second kappa shape index (κ2) is 15.4. The summed E-state index contributed by atoms with van der Waals surface area (Å²) in [6.45, 7) is 18.9. The Morgan fingerprint density at radius 2 is 1.40 bits per heavy atom. The molecule has 58 heavy (non-hydrogen) atoms. The average molecular weight is 790 g/mol. The first-order chi connectivity index (χ1) is 27.4. The van der Waals surface area contributed by atoms with Crippen LogP contribution >= 0.6 is 0 Å². The molecule has 308 valence electrons. The maximum atomic E-state index is 14.6. The summed E-state index contributed by atoms with van der Waals surface area (Å²) < 4.78 is 26.3. The molecule has 0 radical (unpaired) electrons. The summed E-state index contributed by atoms with van der Waals surface area (Å²) in [5.41, 5.74) is 1.06. The molecule has 0 spiro atoms. The summed E-state index contributed by atoms with van der Waals surface area (Å²) >= 11 is 0. The molecule has 9 nitrogen and oxygen atoms in total. The number of rotatable bonds is 9. The van der Waals surface area contributed by atoms with Gasteiger partial charge in [0.1, 0.15) is 18.3 Å². The zero-order valence-corrected chi connectivity index (χ0v) is 35.4. The van der Waals surface area contributed by atoms with Gasteiger partial charge in [0.05, 0.1) is 24.1 Å². The molecule has 1 aliphatic heterocycles. The summed E-state index contributed by atoms with van der Waals surface area (Å²) in [7, 11) is 0. The van der Waals surface area contributed by atoms with Crippen LogP contribution in [0.15, 0.2) is 102 Å². The van der Waals surface area contributed by atoms with Crippen molar-refractivity contribution in [2.45, 2.75) is 112 Å². The lowest BCUT2D eigenvalue weighted by Crippen LogP contribution is -2.77. The number of hydrogen-bond acceptors (Lipinski definition) is 8. The third-order valence-corrected chi connectivity index (χ3v) is 15.0. The molecule has 2 bridgehead atoms. The highest BCUT2D eigenvalue weighted by Crippen LogP contribution is 2.69. The Morgan fingerprint density at radius 3 is 1.97 bits per heavy atom. The molecule has 4 aliphatic rings. The van der Waals surface area contributed by atoms with Gasteiger partial charge < -0.3 is 24.3 Å². The minimum absolute atomic E-state index is 0.0446. The van der Waals surface area contributed by atoms with Gasteiger partial charge in [-0.05, 0) is 91.2 Å². The average Bonchev–Trinajstić information content (AvgIpc) is 3.19. The Labute approximate surface area is 343 Å². The van der Waals surface area contributed by atoms with Gasteiger partial charge in [0.2, 0.25) is 0 Å². The first-order valence-corrected chi connectivity index (χ1v) is 20.8. The van der Waals surface area contributed by atoms with E-state index < -0.39 is 69.8 Å². The van der Waals surface area contributed by atoms with Crippen LogP contribution in [0.5, 0.6) is 0 Å². The maximum absolute atomic E-state index is 14.6. The summed E-state index contributed by atoms with van der Waals surface area (Å²) in [5.74, 6) is -2.59. The Balaban J connectivity index is 1.32. The van der Waals surface area contributed by atoms with E-state index in [2.05, 4.69) is 53.8 Å². The molecular formula is C49H59NO8. The van der Waals surface area contributed by atoms with Gasteiger partial charge in [-0.15, -0.1) is 0 Å². The molecule has 1 N–H and O–H groups in total. The van der Waals surface area contributed by atoms with Crippen molar-refractivity contribution in [1.82, 2.24) is 5.32 Å². The van der Waals surface area contributed by atoms with Gasteiger partial charge in [0, 0.05) is 23.8 Å². The second-order valence-electron chi connectivity index (χ2n) is 18.6. The standard InChI is InChI=1S/C49H59NO8/c1-29-26-47(8)30(2)25-38-49(28-55-38,58-33(5)51)41(47)42(57-45(54)36-23-17-12-18-24-36)48(9)27-37(31(3)39(29)46(48,6)7)56-44(53)32(4)40(34-19-13-10-14-20-34)50-43(52)35-21-15-11-16-22-35/h10-24,29-30,32,37-38,40-42H,25-28H2,1-9H3,(H,50,52)/t29?,30?,32?,37-,38+,40+,41-,42-,47?,48?,49-/m0/s1. The fraction of sp³-hybridized carbons (Fsp3) is 0.510. The number of nitrogens with one attached hydrogen (secondary N) is 1. The number of carbonyl (C=O) groups excluding carboxylic acids is 4. The summed E-state index contributed by atoms with van der Waals surface area (Å²) in [4.78, 5) is 55.6. The molecular weight excluding hydrogens is 731 g/mol. The van der Waals surface area contributed by atoms with E-state index in [-0.39, 0.29) is 30.5 Å². The predicted molar refractivity (Wildman–Crippen MR) is 220 cm³/mol.